The number of carbonyl (C=O) groups excluding carboxylic acids is 2. The molecule has 2 aromatic heterocycles. The molecule has 4 heterocycles. The highest BCUT2D eigenvalue weighted by Crippen LogP contribution is 2.26. The van der Waals surface area contributed by atoms with Crippen LogP contribution in [0.2, 0.25) is 5.02 Å². The number of nitrogens with zero attached hydrogens (tertiary/aromatic N) is 7. The molecule has 2 N–H and O–H groups in total. The Morgan fingerprint density at radius 1 is 1.05 bits per heavy atom. The van der Waals surface area contributed by atoms with Crippen molar-refractivity contribution >= 4 is 46.8 Å². The lowest BCUT2D eigenvalue weighted by molar-refractivity contribution is 0.0745. The number of aryl methyl sites for hydroxylation is 1. The number of aromatic nitrogens is 4. The van der Waals surface area contributed by atoms with Crippen LogP contribution in [-0.4, -0.2) is 93.2 Å². The van der Waals surface area contributed by atoms with E-state index in [0.29, 0.717) is 37.1 Å². The molecule has 1 atom stereocenters. The van der Waals surface area contributed by atoms with Gasteiger partial charge in [-0.25, -0.2) is 9.07 Å². The first kappa shape index (κ1) is 30.7. The Hall–Kier alpha value is -3.77. The van der Waals surface area contributed by atoms with E-state index in [1.807, 2.05) is 39.8 Å². The van der Waals surface area contributed by atoms with Crippen molar-refractivity contribution in [1.82, 2.24) is 29.5 Å². The molecule has 1 aromatic carbocycles. The number of hydrogen-bond acceptors (Lipinski definition) is 9. The van der Waals surface area contributed by atoms with Gasteiger partial charge in [-0.1, -0.05) is 39.3 Å². The Labute approximate surface area is 256 Å². The van der Waals surface area contributed by atoms with Crippen LogP contribution in [0.15, 0.2) is 30.3 Å². The van der Waals surface area contributed by atoms with Gasteiger partial charge in [0, 0.05) is 73.6 Å². The van der Waals surface area contributed by atoms with E-state index < -0.39 is 11.2 Å². The Kier molecular flexibility index (Phi) is 8.89. The van der Waals surface area contributed by atoms with Crippen molar-refractivity contribution in [3.05, 3.63) is 52.4 Å². The summed E-state index contributed by atoms with van der Waals surface area (Å²) in [5.74, 6) is 1.11. The van der Waals surface area contributed by atoms with Crippen molar-refractivity contribution in [3.63, 3.8) is 0 Å². The summed E-state index contributed by atoms with van der Waals surface area (Å²) in [5.41, 5.74) is 0.142. The first-order chi connectivity index (χ1) is 20.4. The molecule has 5 rings (SSSR count). The van der Waals surface area contributed by atoms with Crippen LogP contribution < -0.4 is 15.5 Å². The molecule has 13 heteroatoms. The highest BCUT2D eigenvalue weighted by molar-refractivity contribution is 6.30. The molecule has 1 unspecified atom stereocenters. The van der Waals surface area contributed by atoms with Crippen LogP contribution in [-0.2, 0) is 0 Å². The third-order valence-electron chi connectivity index (χ3n) is 7.80. The summed E-state index contributed by atoms with van der Waals surface area (Å²) >= 11 is 5.86. The first-order valence-electron chi connectivity index (χ1n) is 14.7. The summed E-state index contributed by atoms with van der Waals surface area (Å²) in [6.45, 7) is 15.0. The average molecular weight is 612 g/mol. The zero-order valence-corrected chi connectivity index (χ0v) is 26.1. The van der Waals surface area contributed by atoms with E-state index in [2.05, 4.69) is 32.5 Å². The smallest absolute Gasteiger partial charge is 0.256 e. The molecule has 0 aliphatic carbocycles. The monoisotopic (exact) mass is 611 g/mol. The highest BCUT2D eigenvalue weighted by atomic mass is 35.5. The highest BCUT2D eigenvalue weighted by Gasteiger charge is 2.30. The normalized spacial score (nSPS) is 17.8. The van der Waals surface area contributed by atoms with Crippen LogP contribution in [0, 0.1) is 18.2 Å². The lowest BCUT2D eigenvalue weighted by Gasteiger charge is -2.35. The molecule has 0 bridgehead atoms. The van der Waals surface area contributed by atoms with Crippen LogP contribution in [0.1, 0.15) is 55.0 Å². The second kappa shape index (κ2) is 12.5. The molecule has 2 aliphatic rings. The number of carbonyl (C=O) groups is 2. The van der Waals surface area contributed by atoms with Crippen molar-refractivity contribution < 1.29 is 14.0 Å². The van der Waals surface area contributed by atoms with Crippen molar-refractivity contribution in [2.24, 2.45) is 5.41 Å². The van der Waals surface area contributed by atoms with Crippen LogP contribution in [0.25, 0.3) is 0 Å². The number of amides is 1. The molecule has 1 amide bonds. The quantitative estimate of drug-likeness (QED) is 0.394. The zero-order chi connectivity index (χ0) is 30.9. The largest absolute Gasteiger partial charge is 0.354 e. The minimum Gasteiger partial charge on any atom is -0.354 e. The summed E-state index contributed by atoms with van der Waals surface area (Å²) in [5, 5.41) is 11.4. The number of halogens is 2. The van der Waals surface area contributed by atoms with Crippen molar-refractivity contribution in [2.45, 2.75) is 47.1 Å². The Balaban J connectivity index is 1.35. The summed E-state index contributed by atoms with van der Waals surface area (Å²) in [6, 6.07) is 7.67. The van der Waals surface area contributed by atoms with Gasteiger partial charge >= 0.3 is 0 Å². The van der Waals surface area contributed by atoms with E-state index in [1.54, 1.807) is 4.90 Å². The first-order valence-corrected chi connectivity index (χ1v) is 15.0. The standard InChI is InChI=1S/C30H39ClFN9O2/c1-6-38-11-13-39(14-12-38)26-17-24(34-25-15-19(2)41(37-25)28(43)30(3,4)5)35-29(36-26)33-21-9-10-40(18-21)27(42)22-8-7-20(31)16-23(22)32/h7-8,15-17,21H,6,9-14,18H2,1-5H3,(H2,33,34,35,36,37). The van der Waals surface area contributed by atoms with Gasteiger partial charge in [0.25, 0.3) is 11.8 Å². The lowest BCUT2D eigenvalue weighted by atomic mass is 9.96. The van der Waals surface area contributed by atoms with Gasteiger partial charge in [-0.2, -0.15) is 9.97 Å². The van der Waals surface area contributed by atoms with E-state index in [0.717, 1.165) is 50.3 Å². The number of rotatable bonds is 7. The Bertz CT molecular complexity index is 1500. The minimum absolute atomic E-state index is 0.000628. The number of likely N-dealkylation sites (tertiary alicyclic amines) is 1. The van der Waals surface area contributed by atoms with Crippen LogP contribution in [0.5, 0.6) is 0 Å². The van der Waals surface area contributed by atoms with E-state index in [1.165, 1.54) is 16.8 Å². The molecule has 43 heavy (non-hydrogen) atoms. The molecule has 2 fully saturated rings. The second-order valence-electron chi connectivity index (χ2n) is 12.1. The van der Waals surface area contributed by atoms with Gasteiger partial charge in [0.05, 0.1) is 5.56 Å². The van der Waals surface area contributed by atoms with E-state index in [4.69, 9.17) is 21.6 Å². The number of likely N-dealkylation sites (N-methyl/N-ethyl adjacent to an activating group) is 1. The SMILES string of the molecule is CCN1CCN(c2cc(Nc3cc(C)n(C(=O)C(C)(C)C)n3)nc(NC3CCN(C(=O)c4ccc(Cl)cc4F)C3)n2)CC1. The summed E-state index contributed by atoms with van der Waals surface area (Å²) in [7, 11) is 0. The molecule has 230 valence electrons. The molecule has 0 radical (unpaired) electrons. The fourth-order valence-electron chi connectivity index (χ4n) is 5.29. The van der Waals surface area contributed by atoms with Crippen LogP contribution in [0.3, 0.4) is 0 Å². The van der Waals surface area contributed by atoms with Gasteiger partial charge in [-0.15, -0.1) is 5.10 Å². The van der Waals surface area contributed by atoms with Gasteiger partial charge in [-0.3, -0.25) is 9.59 Å². The van der Waals surface area contributed by atoms with E-state index >= 15 is 0 Å². The predicted octanol–water partition coefficient (Wildman–Crippen LogP) is 4.67. The maximum absolute atomic E-state index is 14.4. The average Bonchev–Trinajstić information content (AvgIpc) is 3.57. The number of nitrogens with one attached hydrogen (secondary N) is 2. The molecular formula is C30H39ClFN9O2. The summed E-state index contributed by atoms with van der Waals surface area (Å²) < 4.78 is 15.8. The van der Waals surface area contributed by atoms with Gasteiger partial charge in [0.15, 0.2) is 5.82 Å². The Morgan fingerprint density at radius 3 is 2.47 bits per heavy atom. The number of hydrogen-bond donors (Lipinski definition) is 2. The Morgan fingerprint density at radius 2 is 1.79 bits per heavy atom. The summed E-state index contributed by atoms with van der Waals surface area (Å²) in [6.07, 6.45) is 0.658. The number of piperazine rings is 1. The van der Waals surface area contributed by atoms with Crippen LogP contribution >= 0.6 is 11.6 Å². The molecule has 2 aliphatic heterocycles. The summed E-state index contributed by atoms with van der Waals surface area (Å²) in [4.78, 5) is 41.7. The van der Waals surface area contributed by atoms with Crippen molar-refractivity contribution in [3.8, 4) is 0 Å². The number of anilines is 4. The fourth-order valence-corrected chi connectivity index (χ4v) is 5.45. The zero-order valence-electron chi connectivity index (χ0n) is 25.3. The van der Waals surface area contributed by atoms with Crippen molar-refractivity contribution in [1.29, 1.82) is 0 Å². The molecule has 2 saturated heterocycles. The van der Waals surface area contributed by atoms with Crippen LogP contribution in [0.4, 0.5) is 27.8 Å². The molecular weight excluding hydrogens is 573 g/mol. The van der Waals surface area contributed by atoms with Crippen molar-refractivity contribution in [2.75, 3.05) is 61.3 Å². The van der Waals surface area contributed by atoms with Gasteiger partial charge in [-0.05, 0) is 38.1 Å². The van der Waals surface area contributed by atoms with Gasteiger partial charge in [0.1, 0.15) is 17.5 Å². The maximum Gasteiger partial charge on any atom is 0.256 e. The maximum atomic E-state index is 14.4. The second-order valence-corrected chi connectivity index (χ2v) is 12.6. The van der Waals surface area contributed by atoms with Gasteiger partial charge < -0.3 is 25.3 Å². The van der Waals surface area contributed by atoms with E-state index in [9.17, 15) is 14.0 Å². The lowest BCUT2D eigenvalue weighted by Crippen LogP contribution is -2.46. The van der Waals surface area contributed by atoms with Gasteiger partial charge in [0.2, 0.25) is 5.95 Å². The third kappa shape index (κ3) is 7.07. The minimum atomic E-state index is -0.634. The third-order valence-corrected chi connectivity index (χ3v) is 8.04. The fraction of sp³-hybridized carbons (Fsp3) is 0.500. The molecule has 3 aromatic rings. The predicted molar refractivity (Wildman–Crippen MR) is 166 cm³/mol. The molecule has 0 saturated carbocycles. The molecule has 11 nitrogen and oxygen atoms in total. The molecule has 0 spiro atoms. The number of benzene rings is 1. The van der Waals surface area contributed by atoms with E-state index in [-0.39, 0.29) is 28.4 Å². The topological polar surface area (TPSA) is 112 Å².